The van der Waals surface area contributed by atoms with Gasteiger partial charge in [-0.2, -0.15) is 0 Å². The Hall–Kier alpha value is -1.59. The lowest BCUT2D eigenvalue weighted by molar-refractivity contribution is 0.0216. The highest BCUT2D eigenvalue weighted by Gasteiger charge is 2.40. The van der Waals surface area contributed by atoms with Crippen LogP contribution in [0.4, 0.5) is 0 Å². The Balaban J connectivity index is 1.58. The molecule has 3 aliphatic rings. The van der Waals surface area contributed by atoms with Gasteiger partial charge in [0.25, 0.3) is 5.91 Å². The van der Waals surface area contributed by atoms with E-state index >= 15 is 0 Å². The molecule has 5 rings (SSSR count). The molecule has 2 aromatic rings. The second-order valence-corrected chi connectivity index (χ2v) is 6.61. The van der Waals surface area contributed by atoms with Crippen LogP contribution in [-0.4, -0.2) is 41.0 Å². The first kappa shape index (κ1) is 14.0. The van der Waals surface area contributed by atoms with E-state index in [1.54, 1.807) is 18.4 Å². The van der Waals surface area contributed by atoms with Crippen LogP contribution in [0.5, 0.6) is 0 Å². The molecule has 5 heterocycles. The molecule has 0 radical (unpaired) electrons. The normalized spacial score (nSPS) is 30.6. The predicted molar refractivity (Wildman–Crippen MR) is 84.0 cm³/mol. The van der Waals surface area contributed by atoms with Gasteiger partial charge in [-0.1, -0.05) is 11.6 Å². The van der Waals surface area contributed by atoms with Crippen molar-refractivity contribution in [3.05, 3.63) is 29.2 Å². The van der Waals surface area contributed by atoms with Crippen molar-refractivity contribution in [2.24, 2.45) is 5.92 Å². The van der Waals surface area contributed by atoms with Crippen LogP contribution in [0.1, 0.15) is 30.3 Å². The maximum Gasteiger partial charge on any atom is 0.270 e. The molecule has 3 saturated heterocycles. The summed E-state index contributed by atoms with van der Waals surface area (Å²) in [5.41, 5.74) is 0.872. The van der Waals surface area contributed by atoms with Crippen LogP contribution in [0.3, 0.4) is 0 Å². The van der Waals surface area contributed by atoms with Crippen molar-refractivity contribution in [1.29, 1.82) is 0 Å². The molecule has 2 atom stereocenters. The van der Waals surface area contributed by atoms with E-state index in [0.29, 0.717) is 23.2 Å². The van der Waals surface area contributed by atoms with E-state index in [2.05, 4.69) is 22.1 Å². The third-order valence-corrected chi connectivity index (χ3v) is 5.36. The van der Waals surface area contributed by atoms with E-state index in [9.17, 15) is 4.79 Å². The number of piperidine rings is 3. The van der Waals surface area contributed by atoms with Crippen LogP contribution in [0, 0.1) is 5.92 Å². The van der Waals surface area contributed by atoms with Crippen LogP contribution < -0.4 is 5.32 Å². The summed E-state index contributed by atoms with van der Waals surface area (Å²) in [5, 5.41) is 4.20. The maximum absolute atomic E-state index is 12.6. The Morgan fingerprint density at radius 3 is 2.95 bits per heavy atom. The summed E-state index contributed by atoms with van der Waals surface area (Å²) < 4.78 is 5.26. The monoisotopic (exact) mass is 319 g/mol. The fourth-order valence-corrected chi connectivity index (χ4v) is 4.07. The molecule has 1 amide bonds. The summed E-state index contributed by atoms with van der Waals surface area (Å²) in [6.07, 6.45) is 3.86. The van der Waals surface area contributed by atoms with Gasteiger partial charge in [0.05, 0.1) is 6.26 Å². The third-order valence-electron chi connectivity index (χ3n) is 5.10. The SMILES string of the molecule is CC1C(NC(=O)c2cc3ccoc3c(Cl)n2)C2CCN1CC2. The van der Waals surface area contributed by atoms with Gasteiger partial charge >= 0.3 is 0 Å². The van der Waals surface area contributed by atoms with Crippen molar-refractivity contribution in [3.63, 3.8) is 0 Å². The van der Waals surface area contributed by atoms with Crippen LogP contribution in [0.2, 0.25) is 5.15 Å². The molecule has 1 N–H and O–H groups in total. The minimum Gasteiger partial charge on any atom is -0.461 e. The molecule has 0 aromatic carbocycles. The van der Waals surface area contributed by atoms with Crippen LogP contribution in [-0.2, 0) is 0 Å². The highest BCUT2D eigenvalue weighted by Crippen LogP contribution is 2.32. The lowest BCUT2D eigenvalue weighted by Gasteiger charge is -2.49. The molecule has 0 saturated carbocycles. The molecular formula is C16H18ClN3O2. The number of amides is 1. The highest BCUT2D eigenvalue weighted by molar-refractivity contribution is 6.33. The summed E-state index contributed by atoms with van der Waals surface area (Å²) in [6.45, 7) is 4.47. The van der Waals surface area contributed by atoms with E-state index < -0.39 is 0 Å². The number of furan rings is 1. The van der Waals surface area contributed by atoms with E-state index in [0.717, 1.165) is 31.3 Å². The third kappa shape index (κ3) is 2.20. The molecule has 3 aliphatic heterocycles. The Kier molecular flexibility index (Phi) is 3.35. The number of nitrogens with one attached hydrogen (secondary N) is 1. The number of nitrogens with zero attached hydrogens (tertiary/aromatic N) is 2. The molecular weight excluding hydrogens is 302 g/mol. The Morgan fingerprint density at radius 2 is 2.23 bits per heavy atom. The maximum atomic E-state index is 12.6. The minimum absolute atomic E-state index is 0.157. The van der Waals surface area contributed by atoms with Crippen LogP contribution >= 0.6 is 11.6 Å². The number of pyridine rings is 1. The molecule has 2 aromatic heterocycles. The summed E-state index contributed by atoms with van der Waals surface area (Å²) in [7, 11) is 0. The van der Waals surface area contributed by atoms with Crippen molar-refractivity contribution in [3.8, 4) is 0 Å². The summed E-state index contributed by atoms with van der Waals surface area (Å²) >= 11 is 6.09. The molecule has 2 unspecified atom stereocenters. The zero-order valence-electron chi connectivity index (χ0n) is 12.4. The zero-order valence-corrected chi connectivity index (χ0v) is 13.1. The fourth-order valence-electron chi connectivity index (χ4n) is 3.82. The molecule has 0 aliphatic carbocycles. The standard InChI is InChI=1S/C16H18ClN3O2/c1-9-13(10-2-5-20(9)6-3-10)19-16(21)12-8-11-4-7-22-14(11)15(17)18-12/h4,7-10,13H,2-3,5-6H2,1H3,(H,19,21). The van der Waals surface area contributed by atoms with Crippen LogP contribution in [0.25, 0.3) is 11.0 Å². The van der Waals surface area contributed by atoms with Crippen molar-refractivity contribution >= 4 is 28.5 Å². The Bertz CT molecular complexity index is 719. The summed E-state index contributed by atoms with van der Waals surface area (Å²) in [6, 6.07) is 4.09. The molecule has 22 heavy (non-hydrogen) atoms. The second kappa shape index (κ2) is 5.25. The van der Waals surface area contributed by atoms with Gasteiger partial charge in [0.1, 0.15) is 5.69 Å². The van der Waals surface area contributed by atoms with Gasteiger partial charge in [-0.3, -0.25) is 9.69 Å². The number of carbonyl (C=O) groups is 1. The number of hydrogen-bond acceptors (Lipinski definition) is 4. The predicted octanol–water partition coefficient (Wildman–Crippen LogP) is 2.69. The van der Waals surface area contributed by atoms with Crippen LogP contribution in [0.15, 0.2) is 22.8 Å². The topological polar surface area (TPSA) is 58.4 Å². The zero-order chi connectivity index (χ0) is 15.3. The number of fused-ring (bicyclic) bond motifs is 4. The van der Waals surface area contributed by atoms with Crippen molar-refractivity contribution in [2.75, 3.05) is 13.1 Å². The smallest absolute Gasteiger partial charge is 0.270 e. The van der Waals surface area contributed by atoms with Gasteiger partial charge in [-0.25, -0.2) is 4.98 Å². The van der Waals surface area contributed by atoms with Gasteiger partial charge in [0.15, 0.2) is 10.7 Å². The van der Waals surface area contributed by atoms with Gasteiger partial charge in [0, 0.05) is 17.5 Å². The first-order valence-electron chi connectivity index (χ1n) is 7.72. The largest absolute Gasteiger partial charge is 0.461 e. The van der Waals surface area contributed by atoms with E-state index in [1.807, 2.05) is 0 Å². The number of aromatic nitrogens is 1. The highest BCUT2D eigenvalue weighted by atomic mass is 35.5. The Morgan fingerprint density at radius 1 is 1.45 bits per heavy atom. The molecule has 116 valence electrons. The quantitative estimate of drug-likeness (QED) is 0.865. The van der Waals surface area contributed by atoms with E-state index in [4.69, 9.17) is 16.0 Å². The number of halogens is 1. The first-order valence-corrected chi connectivity index (χ1v) is 8.10. The van der Waals surface area contributed by atoms with E-state index in [1.165, 1.54) is 0 Å². The van der Waals surface area contributed by atoms with Gasteiger partial charge in [0.2, 0.25) is 0 Å². The average molecular weight is 320 g/mol. The van der Waals surface area contributed by atoms with E-state index in [-0.39, 0.29) is 17.1 Å². The van der Waals surface area contributed by atoms with Crippen molar-refractivity contribution in [2.45, 2.75) is 31.8 Å². The minimum atomic E-state index is -0.157. The lowest BCUT2D eigenvalue weighted by Crippen LogP contribution is -2.62. The summed E-state index contributed by atoms with van der Waals surface area (Å²) in [5.74, 6) is 0.410. The fraction of sp³-hybridized carbons (Fsp3) is 0.500. The van der Waals surface area contributed by atoms with Gasteiger partial charge < -0.3 is 9.73 Å². The molecule has 0 spiro atoms. The number of hydrogen-bond donors (Lipinski definition) is 1. The number of rotatable bonds is 2. The first-order chi connectivity index (χ1) is 10.6. The van der Waals surface area contributed by atoms with Crippen molar-refractivity contribution < 1.29 is 9.21 Å². The average Bonchev–Trinajstić information content (AvgIpc) is 3.00. The molecule has 5 nitrogen and oxygen atoms in total. The summed E-state index contributed by atoms with van der Waals surface area (Å²) in [4.78, 5) is 19.2. The lowest BCUT2D eigenvalue weighted by atomic mass is 9.79. The second-order valence-electron chi connectivity index (χ2n) is 6.25. The molecule has 2 bridgehead atoms. The van der Waals surface area contributed by atoms with Gasteiger partial charge in [-0.15, -0.1) is 0 Å². The van der Waals surface area contributed by atoms with Crippen molar-refractivity contribution in [1.82, 2.24) is 15.2 Å². The molecule has 6 heteroatoms. The number of carbonyl (C=O) groups excluding carboxylic acids is 1. The Labute approximate surface area is 133 Å². The molecule has 3 fully saturated rings. The van der Waals surface area contributed by atoms with Gasteiger partial charge in [-0.05, 0) is 50.9 Å².